The molecule has 0 unspecified atom stereocenters. The first kappa shape index (κ1) is 16.4. The van der Waals surface area contributed by atoms with E-state index in [1.165, 1.54) is 12.0 Å². The van der Waals surface area contributed by atoms with Crippen LogP contribution in [0, 0.1) is 0 Å². The highest BCUT2D eigenvalue weighted by molar-refractivity contribution is 5.87. The van der Waals surface area contributed by atoms with Gasteiger partial charge in [-0.05, 0) is 13.5 Å². The van der Waals surface area contributed by atoms with E-state index in [1.807, 2.05) is 6.92 Å². The molecule has 2 N–H and O–H groups in total. The third-order valence-electron chi connectivity index (χ3n) is 2.17. The minimum atomic E-state index is -0.521. The van der Waals surface area contributed by atoms with Crippen LogP contribution in [0.5, 0.6) is 0 Å². The molecule has 0 aromatic rings. The standard InChI is InChI=1S/C11H21N3O4/c1-4-5-14(10(16)6-12-2)8-9(15)13-7-11(17)18-3/h12H,4-8H2,1-3H3,(H,13,15). The van der Waals surface area contributed by atoms with Crippen molar-refractivity contribution in [2.45, 2.75) is 13.3 Å². The van der Waals surface area contributed by atoms with Crippen LogP contribution in [-0.2, 0) is 19.1 Å². The van der Waals surface area contributed by atoms with Gasteiger partial charge in [-0.1, -0.05) is 6.92 Å². The molecule has 0 atom stereocenters. The molecule has 0 aliphatic rings. The van der Waals surface area contributed by atoms with Gasteiger partial charge >= 0.3 is 5.97 Å². The first-order valence-electron chi connectivity index (χ1n) is 5.81. The molecular weight excluding hydrogens is 238 g/mol. The Labute approximate surface area is 107 Å². The number of hydrogen-bond donors (Lipinski definition) is 2. The maximum absolute atomic E-state index is 11.7. The second-order valence-corrected chi connectivity index (χ2v) is 3.70. The first-order valence-corrected chi connectivity index (χ1v) is 5.81. The lowest BCUT2D eigenvalue weighted by Crippen LogP contribution is -2.45. The Balaban J connectivity index is 4.18. The fraction of sp³-hybridized carbons (Fsp3) is 0.727. The molecule has 0 rings (SSSR count). The summed E-state index contributed by atoms with van der Waals surface area (Å²) in [4.78, 5) is 35.5. The Morgan fingerprint density at radius 1 is 1.22 bits per heavy atom. The number of esters is 1. The number of methoxy groups -OCH3 is 1. The Kier molecular flexibility index (Phi) is 8.55. The molecule has 0 fully saturated rings. The molecule has 0 aliphatic carbocycles. The summed E-state index contributed by atoms with van der Waals surface area (Å²) in [5.41, 5.74) is 0. The predicted molar refractivity (Wildman–Crippen MR) is 65.8 cm³/mol. The van der Waals surface area contributed by atoms with Crippen LogP contribution in [0.15, 0.2) is 0 Å². The van der Waals surface area contributed by atoms with Crippen molar-refractivity contribution in [3.63, 3.8) is 0 Å². The lowest BCUT2D eigenvalue weighted by molar-refractivity contribution is -0.141. The van der Waals surface area contributed by atoms with E-state index >= 15 is 0 Å². The molecule has 0 aromatic heterocycles. The third-order valence-corrected chi connectivity index (χ3v) is 2.17. The van der Waals surface area contributed by atoms with Gasteiger partial charge in [-0.2, -0.15) is 0 Å². The van der Waals surface area contributed by atoms with Crippen molar-refractivity contribution < 1.29 is 19.1 Å². The molecule has 0 radical (unpaired) electrons. The SMILES string of the molecule is CCCN(CC(=O)NCC(=O)OC)C(=O)CNC. The maximum atomic E-state index is 11.7. The average molecular weight is 259 g/mol. The lowest BCUT2D eigenvalue weighted by atomic mass is 10.3. The molecule has 2 amide bonds. The van der Waals surface area contributed by atoms with Gasteiger partial charge in [-0.25, -0.2) is 0 Å². The van der Waals surface area contributed by atoms with E-state index in [4.69, 9.17) is 0 Å². The molecule has 7 heteroatoms. The van der Waals surface area contributed by atoms with Crippen molar-refractivity contribution in [3.8, 4) is 0 Å². The summed E-state index contributed by atoms with van der Waals surface area (Å²) in [7, 11) is 2.91. The zero-order valence-corrected chi connectivity index (χ0v) is 11.1. The van der Waals surface area contributed by atoms with Gasteiger partial charge in [0.05, 0.1) is 20.2 Å². The van der Waals surface area contributed by atoms with Crippen molar-refractivity contribution >= 4 is 17.8 Å². The number of carbonyl (C=O) groups is 3. The highest BCUT2D eigenvalue weighted by Crippen LogP contribution is 1.92. The fourth-order valence-corrected chi connectivity index (χ4v) is 1.30. The highest BCUT2D eigenvalue weighted by atomic mass is 16.5. The molecule has 7 nitrogen and oxygen atoms in total. The molecule has 0 aromatic carbocycles. The fourth-order valence-electron chi connectivity index (χ4n) is 1.30. The van der Waals surface area contributed by atoms with E-state index in [-0.39, 0.29) is 31.4 Å². The van der Waals surface area contributed by atoms with E-state index in [9.17, 15) is 14.4 Å². The number of amides is 2. The summed E-state index contributed by atoms with van der Waals surface area (Å²) in [5, 5.41) is 5.13. The number of hydrogen-bond acceptors (Lipinski definition) is 5. The summed E-state index contributed by atoms with van der Waals surface area (Å²) in [6.07, 6.45) is 0.764. The summed E-state index contributed by atoms with van der Waals surface area (Å²) >= 11 is 0. The van der Waals surface area contributed by atoms with Crippen LogP contribution in [0.4, 0.5) is 0 Å². The van der Waals surface area contributed by atoms with E-state index in [1.54, 1.807) is 7.05 Å². The summed E-state index contributed by atoms with van der Waals surface area (Å²) in [6, 6.07) is 0. The van der Waals surface area contributed by atoms with Crippen molar-refractivity contribution in [2.24, 2.45) is 0 Å². The summed E-state index contributed by atoms with van der Waals surface area (Å²) in [5.74, 6) is -1.04. The van der Waals surface area contributed by atoms with E-state index in [0.717, 1.165) is 6.42 Å². The lowest BCUT2D eigenvalue weighted by Gasteiger charge is -2.21. The minimum Gasteiger partial charge on any atom is -0.468 e. The number of rotatable bonds is 8. The molecule has 0 bridgehead atoms. The van der Waals surface area contributed by atoms with Crippen molar-refractivity contribution in [1.29, 1.82) is 0 Å². The van der Waals surface area contributed by atoms with Crippen molar-refractivity contribution in [2.75, 3.05) is 40.3 Å². The third kappa shape index (κ3) is 6.85. The monoisotopic (exact) mass is 259 g/mol. The van der Waals surface area contributed by atoms with E-state index < -0.39 is 5.97 Å². The number of nitrogens with one attached hydrogen (secondary N) is 2. The van der Waals surface area contributed by atoms with Gasteiger partial charge in [0, 0.05) is 6.54 Å². The topological polar surface area (TPSA) is 87.7 Å². The molecular formula is C11H21N3O4. The second-order valence-electron chi connectivity index (χ2n) is 3.70. The van der Waals surface area contributed by atoms with Crippen LogP contribution in [0.2, 0.25) is 0 Å². The van der Waals surface area contributed by atoms with Gasteiger partial charge < -0.3 is 20.3 Å². The van der Waals surface area contributed by atoms with Crippen LogP contribution in [0.3, 0.4) is 0 Å². The quantitative estimate of drug-likeness (QED) is 0.531. The molecule has 0 saturated heterocycles. The van der Waals surface area contributed by atoms with Crippen LogP contribution in [0.25, 0.3) is 0 Å². The average Bonchev–Trinajstić information content (AvgIpc) is 2.35. The summed E-state index contributed by atoms with van der Waals surface area (Å²) in [6.45, 7) is 2.38. The first-order chi connectivity index (χ1) is 8.54. The number of ether oxygens (including phenoxy) is 1. The Morgan fingerprint density at radius 3 is 2.39 bits per heavy atom. The van der Waals surface area contributed by atoms with Crippen LogP contribution >= 0.6 is 0 Å². The summed E-state index contributed by atoms with van der Waals surface area (Å²) < 4.78 is 4.39. The van der Waals surface area contributed by atoms with E-state index in [2.05, 4.69) is 15.4 Å². The maximum Gasteiger partial charge on any atom is 0.325 e. The van der Waals surface area contributed by atoms with E-state index in [0.29, 0.717) is 6.54 Å². The largest absolute Gasteiger partial charge is 0.468 e. The highest BCUT2D eigenvalue weighted by Gasteiger charge is 2.15. The Bertz CT molecular complexity index is 294. The second kappa shape index (κ2) is 9.41. The molecule has 104 valence electrons. The van der Waals surface area contributed by atoms with Crippen molar-refractivity contribution in [1.82, 2.24) is 15.5 Å². The Hall–Kier alpha value is -1.63. The molecule has 0 aliphatic heterocycles. The number of carbonyl (C=O) groups excluding carboxylic acids is 3. The van der Waals surface area contributed by atoms with Crippen LogP contribution < -0.4 is 10.6 Å². The smallest absolute Gasteiger partial charge is 0.325 e. The number of nitrogens with zero attached hydrogens (tertiary/aromatic N) is 1. The zero-order chi connectivity index (χ0) is 14.0. The van der Waals surface area contributed by atoms with Gasteiger partial charge in [0.1, 0.15) is 6.54 Å². The van der Waals surface area contributed by atoms with Gasteiger partial charge in [0.2, 0.25) is 11.8 Å². The molecule has 0 saturated carbocycles. The predicted octanol–water partition coefficient (Wildman–Crippen LogP) is -1.27. The zero-order valence-electron chi connectivity index (χ0n) is 11.1. The van der Waals surface area contributed by atoms with Gasteiger partial charge in [0.15, 0.2) is 0 Å². The number of likely N-dealkylation sites (N-methyl/N-ethyl adjacent to an activating group) is 1. The minimum absolute atomic E-state index is 0.0503. The Morgan fingerprint density at radius 2 is 1.89 bits per heavy atom. The van der Waals surface area contributed by atoms with Crippen LogP contribution in [-0.4, -0.2) is 63.0 Å². The van der Waals surface area contributed by atoms with Gasteiger partial charge in [-0.3, -0.25) is 14.4 Å². The molecule has 0 spiro atoms. The molecule has 0 heterocycles. The molecule has 18 heavy (non-hydrogen) atoms. The van der Waals surface area contributed by atoms with Gasteiger partial charge in [0.25, 0.3) is 0 Å². The normalized spacial score (nSPS) is 9.72. The van der Waals surface area contributed by atoms with Crippen molar-refractivity contribution in [3.05, 3.63) is 0 Å². The van der Waals surface area contributed by atoms with Gasteiger partial charge in [-0.15, -0.1) is 0 Å². The van der Waals surface area contributed by atoms with Crippen LogP contribution in [0.1, 0.15) is 13.3 Å².